The van der Waals surface area contributed by atoms with Crippen LogP contribution in [-0.4, -0.2) is 10.1 Å². The summed E-state index contributed by atoms with van der Waals surface area (Å²) in [7, 11) is 0. The van der Waals surface area contributed by atoms with E-state index in [0.717, 1.165) is 11.2 Å². The van der Waals surface area contributed by atoms with Gasteiger partial charge in [-0.2, -0.15) is 4.99 Å². The standard InChI is InChI=1S/C8H4N2S2/c11-4-9-6-1-2-8-7(3-6)10-5-12-8/h1-3,5H. The van der Waals surface area contributed by atoms with Crippen molar-refractivity contribution in [3.63, 3.8) is 0 Å². The number of aliphatic imine (C=N–C) groups is 1. The molecule has 2 aromatic rings. The maximum Gasteiger partial charge on any atom is 0.0833 e. The number of hydrogen-bond acceptors (Lipinski definition) is 4. The van der Waals surface area contributed by atoms with Crippen LogP contribution in [0.4, 0.5) is 5.69 Å². The molecule has 0 radical (unpaired) electrons. The summed E-state index contributed by atoms with van der Waals surface area (Å²) in [5.74, 6) is 0. The van der Waals surface area contributed by atoms with Gasteiger partial charge in [0.25, 0.3) is 0 Å². The molecule has 2 nitrogen and oxygen atoms in total. The summed E-state index contributed by atoms with van der Waals surface area (Å²) in [6, 6.07) is 5.78. The van der Waals surface area contributed by atoms with Crippen molar-refractivity contribution >= 4 is 44.6 Å². The summed E-state index contributed by atoms with van der Waals surface area (Å²) in [5, 5.41) is 2.32. The molecule has 0 amide bonds. The molecule has 0 atom stereocenters. The van der Waals surface area contributed by atoms with Crippen molar-refractivity contribution in [2.45, 2.75) is 0 Å². The molecule has 1 aromatic carbocycles. The number of nitrogens with zero attached hydrogens (tertiary/aromatic N) is 2. The minimum Gasteiger partial charge on any atom is -0.245 e. The van der Waals surface area contributed by atoms with Gasteiger partial charge in [0.05, 0.1) is 26.6 Å². The average molecular weight is 192 g/mol. The molecule has 1 aromatic heterocycles. The molecular formula is C8H4N2S2. The molecule has 1 heterocycles. The van der Waals surface area contributed by atoms with Gasteiger partial charge in [0, 0.05) is 0 Å². The van der Waals surface area contributed by atoms with Crippen molar-refractivity contribution in [1.29, 1.82) is 0 Å². The number of hydrogen-bond donors (Lipinski definition) is 0. The molecule has 0 aliphatic heterocycles. The lowest BCUT2D eigenvalue weighted by Gasteiger charge is -1.89. The Labute approximate surface area is 78.6 Å². The van der Waals surface area contributed by atoms with Gasteiger partial charge in [-0.15, -0.1) is 11.3 Å². The summed E-state index contributed by atoms with van der Waals surface area (Å²) in [4.78, 5) is 8.02. The van der Waals surface area contributed by atoms with E-state index in [9.17, 15) is 0 Å². The molecule has 0 aliphatic carbocycles. The Hall–Kier alpha value is -1.09. The van der Waals surface area contributed by atoms with Crippen molar-refractivity contribution in [3.8, 4) is 0 Å². The van der Waals surface area contributed by atoms with Gasteiger partial charge < -0.3 is 0 Å². The molecule has 0 bridgehead atoms. The Kier molecular flexibility index (Phi) is 1.96. The fraction of sp³-hybridized carbons (Fsp3) is 0. The second-order valence-corrected chi connectivity index (χ2v) is 3.28. The van der Waals surface area contributed by atoms with Gasteiger partial charge in [-0.1, -0.05) is 0 Å². The van der Waals surface area contributed by atoms with E-state index >= 15 is 0 Å². The smallest absolute Gasteiger partial charge is 0.0833 e. The Morgan fingerprint density at radius 2 is 2.42 bits per heavy atom. The molecule has 58 valence electrons. The highest BCUT2D eigenvalue weighted by Gasteiger charge is 1.96. The molecule has 2 rings (SSSR count). The topological polar surface area (TPSA) is 25.2 Å². The van der Waals surface area contributed by atoms with Crippen molar-refractivity contribution in [3.05, 3.63) is 23.7 Å². The van der Waals surface area contributed by atoms with Gasteiger partial charge in [-0.3, -0.25) is 0 Å². The van der Waals surface area contributed by atoms with E-state index in [2.05, 4.69) is 27.4 Å². The summed E-state index contributed by atoms with van der Waals surface area (Å²) < 4.78 is 1.17. The number of rotatable bonds is 1. The molecule has 0 fully saturated rings. The lowest BCUT2D eigenvalue weighted by Crippen LogP contribution is -1.66. The molecule has 0 N–H and O–H groups in total. The van der Waals surface area contributed by atoms with E-state index in [1.54, 1.807) is 11.3 Å². The minimum atomic E-state index is 0.809. The van der Waals surface area contributed by atoms with Gasteiger partial charge in [-0.25, -0.2) is 4.98 Å². The lowest BCUT2D eigenvalue weighted by atomic mass is 10.3. The van der Waals surface area contributed by atoms with Gasteiger partial charge in [0.2, 0.25) is 0 Å². The first-order chi connectivity index (χ1) is 5.90. The summed E-state index contributed by atoms with van der Waals surface area (Å²) >= 11 is 6.12. The van der Waals surface area contributed by atoms with Crippen LogP contribution in [0.2, 0.25) is 0 Å². The quantitative estimate of drug-likeness (QED) is 0.512. The van der Waals surface area contributed by atoms with Crippen molar-refractivity contribution in [2.24, 2.45) is 4.99 Å². The first-order valence-corrected chi connectivity index (χ1v) is 4.60. The molecule has 4 heteroatoms. The highest BCUT2D eigenvalue weighted by atomic mass is 32.1. The van der Waals surface area contributed by atoms with Crippen LogP contribution in [0.25, 0.3) is 10.2 Å². The van der Waals surface area contributed by atoms with Crippen LogP contribution in [-0.2, 0) is 0 Å². The van der Waals surface area contributed by atoms with Gasteiger partial charge in [0.1, 0.15) is 0 Å². The number of thiocarbonyl (C=S) groups is 1. The van der Waals surface area contributed by atoms with E-state index in [1.807, 2.05) is 23.7 Å². The van der Waals surface area contributed by atoms with Gasteiger partial charge in [-0.05, 0) is 30.4 Å². The van der Waals surface area contributed by atoms with E-state index in [1.165, 1.54) is 4.70 Å². The van der Waals surface area contributed by atoms with Crippen LogP contribution >= 0.6 is 23.6 Å². The number of fused-ring (bicyclic) bond motifs is 1. The van der Waals surface area contributed by atoms with Gasteiger partial charge >= 0.3 is 0 Å². The largest absolute Gasteiger partial charge is 0.245 e. The van der Waals surface area contributed by atoms with Crippen LogP contribution in [0, 0.1) is 0 Å². The Bertz CT molecular complexity index is 455. The summed E-state index contributed by atoms with van der Waals surface area (Å²) in [5.41, 5.74) is 3.59. The fourth-order valence-corrected chi connectivity index (χ4v) is 1.73. The fourth-order valence-electron chi connectivity index (χ4n) is 0.968. The minimum absolute atomic E-state index is 0.809. The summed E-state index contributed by atoms with van der Waals surface area (Å²) in [6.07, 6.45) is 0. The van der Waals surface area contributed by atoms with E-state index in [0.29, 0.717) is 0 Å². The molecular weight excluding hydrogens is 188 g/mol. The molecule has 0 saturated heterocycles. The SMILES string of the molecule is S=C=Nc1ccc2scnc2c1. The predicted molar refractivity (Wildman–Crippen MR) is 54.3 cm³/mol. The third-order valence-corrected chi connectivity index (χ3v) is 2.39. The molecule has 0 saturated carbocycles. The zero-order chi connectivity index (χ0) is 8.39. The zero-order valence-corrected chi connectivity index (χ0v) is 7.65. The third-order valence-electron chi connectivity index (χ3n) is 1.49. The second kappa shape index (κ2) is 3.11. The van der Waals surface area contributed by atoms with E-state index in [4.69, 9.17) is 0 Å². The van der Waals surface area contributed by atoms with Crippen LogP contribution < -0.4 is 0 Å². The Morgan fingerprint density at radius 3 is 3.25 bits per heavy atom. The third kappa shape index (κ3) is 1.28. The molecule has 12 heavy (non-hydrogen) atoms. The Morgan fingerprint density at radius 1 is 1.50 bits per heavy atom. The summed E-state index contributed by atoms with van der Waals surface area (Å²) in [6.45, 7) is 0. The van der Waals surface area contributed by atoms with Gasteiger partial charge in [0.15, 0.2) is 0 Å². The van der Waals surface area contributed by atoms with E-state index < -0.39 is 0 Å². The van der Waals surface area contributed by atoms with Crippen LogP contribution in [0.15, 0.2) is 28.7 Å². The molecule has 0 unspecified atom stereocenters. The first-order valence-electron chi connectivity index (χ1n) is 3.31. The second-order valence-electron chi connectivity index (χ2n) is 2.21. The first kappa shape index (κ1) is 7.55. The normalized spacial score (nSPS) is 9.67. The van der Waals surface area contributed by atoms with E-state index in [-0.39, 0.29) is 0 Å². The highest BCUT2D eigenvalue weighted by Crippen LogP contribution is 2.22. The highest BCUT2D eigenvalue weighted by molar-refractivity contribution is 7.78. The van der Waals surface area contributed by atoms with Crippen molar-refractivity contribution in [1.82, 2.24) is 4.98 Å². The number of benzene rings is 1. The molecule has 0 aliphatic rings. The number of aromatic nitrogens is 1. The van der Waals surface area contributed by atoms with Crippen LogP contribution in [0.1, 0.15) is 0 Å². The van der Waals surface area contributed by atoms with Crippen LogP contribution in [0.3, 0.4) is 0 Å². The monoisotopic (exact) mass is 192 g/mol. The zero-order valence-electron chi connectivity index (χ0n) is 6.02. The maximum atomic E-state index is 4.50. The average Bonchev–Trinajstić information content (AvgIpc) is 2.51. The lowest BCUT2D eigenvalue weighted by molar-refractivity contribution is 1.48. The van der Waals surface area contributed by atoms with Crippen LogP contribution in [0.5, 0.6) is 0 Å². The maximum absolute atomic E-state index is 4.50. The Balaban J connectivity index is 2.67. The van der Waals surface area contributed by atoms with Crippen molar-refractivity contribution in [2.75, 3.05) is 0 Å². The number of thiazole rings is 1. The predicted octanol–water partition coefficient (Wildman–Crippen LogP) is 3.03. The van der Waals surface area contributed by atoms with Crippen molar-refractivity contribution < 1.29 is 0 Å². The number of isothiocyanates is 1. The molecule has 0 spiro atoms.